The van der Waals surface area contributed by atoms with Gasteiger partial charge >= 0.3 is 0 Å². The second-order valence-electron chi connectivity index (χ2n) is 5.55. The molecule has 0 aliphatic heterocycles. The summed E-state index contributed by atoms with van der Waals surface area (Å²) in [7, 11) is 1.95. The van der Waals surface area contributed by atoms with E-state index in [1.165, 1.54) is 29.5 Å². The van der Waals surface area contributed by atoms with E-state index in [1.807, 2.05) is 7.05 Å². The molecule has 2 heteroatoms. The van der Waals surface area contributed by atoms with Crippen LogP contribution in [0, 0.1) is 0 Å². The van der Waals surface area contributed by atoms with E-state index in [0.29, 0.717) is 0 Å². The molecule has 2 aromatic carbocycles. The van der Waals surface area contributed by atoms with Crippen molar-refractivity contribution in [2.75, 3.05) is 7.05 Å². The topological polar surface area (TPSA) is 12.0 Å². The Hall–Kier alpha value is -1.31. The number of nitrogens with one attached hydrogen (secondary N) is 1. The summed E-state index contributed by atoms with van der Waals surface area (Å²) in [6, 6.07) is 15.4. The predicted octanol–water partition coefficient (Wildman–Crippen LogP) is 5.63. The van der Waals surface area contributed by atoms with Gasteiger partial charge in [-0.2, -0.15) is 0 Å². The maximum absolute atomic E-state index is 6.41. The van der Waals surface area contributed by atoms with Gasteiger partial charge in [-0.15, -0.1) is 0 Å². The van der Waals surface area contributed by atoms with Gasteiger partial charge < -0.3 is 5.32 Å². The lowest BCUT2D eigenvalue weighted by Crippen LogP contribution is -2.12. The molecule has 0 saturated carbocycles. The summed E-state index contributed by atoms with van der Waals surface area (Å²) in [6.45, 7) is 4.34. The number of hydrogen-bond donors (Lipinski definition) is 1. The highest BCUT2D eigenvalue weighted by atomic mass is 35.5. The van der Waals surface area contributed by atoms with Gasteiger partial charge in [0, 0.05) is 11.1 Å². The molecule has 0 fully saturated rings. The first kappa shape index (κ1) is 16.1. The summed E-state index contributed by atoms with van der Waals surface area (Å²) >= 11 is 6.41. The Morgan fingerprint density at radius 2 is 1.71 bits per heavy atom. The van der Waals surface area contributed by atoms with Gasteiger partial charge in [-0.1, -0.05) is 61.3 Å². The van der Waals surface area contributed by atoms with Gasteiger partial charge in [0.1, 0.15) is 0 Å². The molecule has 1 atom stereocenters. The summed E-state index contributed by atoms with van der Waals surface area (Å²) in [5, 5.41) is 4.05. The van der Waals surface area contributed by atoms with E-state index < -0.39 is 0 Å². The third kappa shape index (κ3) is 4.09. The van der Waals surface area contributed by atoms with Gasteiger partial charge in [0.05, 0.1) is 0 Å². The largest absolute Gasteiger partial charge is 0.313 e. The third-order valence-corrected chi connectivity index (χ3v) is 4.33. The molecular formula is C19H24ClN. The number of rotatable bonds is 6. The maximum Gasteiger partial charge on any atom is 0.0459 e. The molecule has 0 bridgehead atoms. The summed E-state index contributed by atoms with van der Waals surface area (Å²) in [6.07, 6.45) is 3.65. The van der Waals surface area contributed by atoms with E-state index in [1.54, 1.807) is 0 Å². The molecule has 112 valence electrons. The molecule has 0 aromatic heterocycles. The summed E-state index contributed by atoms with van der Waals surface area (Å²) in [4.78, 5) is 0. The fourth-order valence-electron chi connectivity index (χ4n) is 2.46. The number of benzene rings is 2. The third-order valence-electron chi connectivity index (χ3n) is 4.01. The van der Waals surface area contributed by atoms with Crippen LogP contribution in [-0.2, 0) is 6.42 Å². The van der Waals surface area contributed by atoms with Crippen molar-refractivity contribution < 1.29 is 0 Å². The predicted molar refractivity (Wildman–Crippen MR) is 93.0 cm³/mol. The van der Waals surface area contributed by atoms with Crippen molar-refractivity contribution in [1.82, 2.24) is 5.32 Å². The van der Waals surface area contributed by atoms with Gasteiger partial charge in [0.15, 0.2) is 0 Å². The molecule has 2 rings (SSSR count). The van der Waals surface area contributed by atoms with Crippen molar-refractivity contribution in [1.29, 1.82) is 0 Å². The van der Waals surface area contributed by atoms with Crippen molar-refractivity contribution in [3.8, 4) is 11.1 Å². The van der Waals surface area contributed by atoms with Gasteiger partial charge in [0.2, 0.25) is 0 Å². The molecule has 1 N–H and O–H groups in total. The molecule has 0 heterocycles. The molecule has 1 nitrogen and oxygen atoms in total. The fraction of sp³-hybridized carbons (Fsp3) is 0.368. The molecule has 0 aliphatic rings. The first-order valence-corrected chi connectivity index (χ1v) is 8.09. The van der Waals surface area contributed by atoms with Crippen LogP contribution in [0.2, 0.25) is 5.02 Å². The first-order chi connectivity index (χ1) is 10.2. The molecule has 0 saturated heterocycles. The standard InChI is InChI=1S/C19H24ClN/c1-4-5-6-15-7-9-16(10-8-15)17-11-12-18(14(2)21-3)19(20)13-17/h7-14,21H,4-6H2,1-3H3. The lowest BCUT2D eigenvalue weighted by Gasteiger charge is -2.14. The van der Waals surface area contributed by atoms with Crippen molar-refractivity contribution >= 4 is 11.6 Å². The highest BCUT2D eigenvalue weighted by Crippen LogP contribution is 2.29. The number of unbranched alkanes of at least 4 members (excludes halogenated alkanes) is 1. The van der Waals surface area contributed by atoms with Crippen molar-refractivity contribution in [3.63, 3.8) is 0 Å². The Labute approximate surface area is 133 Å². The van der Waals surface area contributed by atoms with Crippen LogP contribution < -0.4 is 5.32 Å². The van der Waals surface area contributed by atoms with E-state index >= 15 is 0 Å². The molecule has 21 heavy (non-hydrogen) atoms. The van der Waals surface area contributed by atoms with Gasteiger partial charge in [0.25, 0.3) is 0 Å². The van der Waals surface area contributed by atoms with E-state index in [2.05, 4.69) is 61.6 Å². The van der Waals surface area contributed by atoms with Crippen LogP contribution in [0.1, 0.15) is 43.9 Å². The average Bonchev–Trinajstić information content (AvgIpc) is 2.52. The second kappa shape index (κ2) is 7.63. The zero-order chi connectivity index (χ0) is 15.2. The molecule has 0 aliphatic carbocycles. The minimum atomic E-state index is 0.267. The van der Waals surface area contributed by atoms with Crippen molar-refractivity contribution in [2.24, 2.45) is 0 Å². The first-order valence-electron chi connectivity index (χ1n) is 7.71. The van der Waals surface area contributed by atoms with Gasteiger partial charge in [-0.25, -0.2) is 0 Å². The monoisotopic (exact) mass is 301 g/mol. The molecule has 0 amide bonds. The minimum absolute atomic E-state index is 0.267. The fourth-order valence-corrected chi connectivity index (χ4v) is 2.80. The van der Waals surface area contributed by atoms with E-state index in [-0.39, 0.29) is 6.04 Å². The Balaban J connectivity index is 2.20. The lowest BCUT2D eigenvalue weighted by atomic mass is 9.99. The summed E-state index contributed by atoms with van der Waals surface area (Å²) in [5.74, 6) is 0. The van der Waals surface area contributed by atoms with Crippen molar-refractivity contribution in [2.45, 2.75) is 39.2 Å². The van der Waals surface area contributed by atoms with Crippen LogP contribution >= 0.6 is 11.6 Å². The summed E-state index contributed by atoms with van der Waals surface area (Å²) < 4.78 is 0. The Kier molecular flexibility index (Phi) is 5.84. The van der Waals surface area contributed by atoms with E-state index in [0.717, 1.165) is 17.0 Å². The maximum atomic E-state index is 6.41. The van der Waals surface area contributed by atoms with Crippen LogP contribution in [0.15, 0.2) is 42.5 Å². The van der Waals surface area contributed by atoms with E-state index in [9.17, 15) is 0 Å². The van der Waals surface area contributed by atoms with Crippen molar-refractivity contribution in [3.05, 3.63) is 58.6 Å². The molecule has 1 unspecified atom stereocenters. The average molecular weight is 302 g/mol. The normalized spacial score (nSPS) is 12.4. The van der Waals surface area contributed by atoms with Gasteiger partial charge in [-0.3, -0.25) is 0 Å². The number of aryl methyl sites for hydroxylation is 1. The molecule has 0 radical (unpaired) electrons. The smallest absolute Gasteiger partial charge is 0.0459 e. The SMILES string of the molecule is CCCCc1ccc(-c2ccc(C(C)NC)c(Cl)c2)cc1. The lowest BCUT2D eigenvalue weighted by molar-refractivity contribution is 0.652. The van der Waals surface area contributed by atoms with Crippen LogP contribution in [0.25, 0.3) is 11.1 Å². The Morgan fingerprint density at radius 3 is 2.29 bits per heavy atom. The minimum Gasteiger partial charge on any atom is -0.313 e. The zero-order valence-corrected chi connectivity index (χ0v) is 13.9. The molecule has 2 aromatic rings. The quantitative estimate of drug-likeness (QED) is 0.729. The zero-order valence-electron chi connectivity index (χ0n) is 13.1. The summed E-state index contributed by atoms with van der Waals surface area (Å²) in [5.41, 5.74) is 4.95. The van der Waals surface area contributed by atoms with Crippen LogP contribution in [0.3, 0.4) is 0 Å². The van der Waals surface area contributed by atoms with Crippen LogP contribution in [0.4, 0.5) is 0 Å². The van der Waals surface area contributed by atoms with Crippen LogP contribution in [0.5, 0.6) is 0 Å². The Morgan fingerprint density at radius 1 is 1.05 bits per heavy atom. The van der Waals surface area contributed by atoms with E-state index in [4.69, 9.17) is 11.6 Å². The highest BCUT2D eigenvalue weighted by Gasteiger charge is 2.09. The highest BCUT2D eigenvalue weighted by molar-refractivity contribution is 6.31. The molecule has 0 spiro atoms. The number of hydrogen-bond acceptors (Lipinski definition) is 1. The van der Waals surface area contributed by atoms with Crippen LogP contribution in [-0.4, -0.2) is 7.05 Å². The second-order valence-corrected chi connectivity index (χ2v) is 5.95. The van der Waals surface area contributed by atoms with Gasteiger partial charge in [-0.05, 0) is 55.1 Å². The number of halogens is 1. The Bertz CT molecular complexity index is 575. The molecular weight excluding hydrogens is 278 g/mol.